The van der Waals surface area contributed by atoms with E-state index in [1.165, 1.54) is 10.7 Å². The number of hydrogen-bond acceptors (Lipinski definition) is 4. The van der Waals surface area contributed by atoms with Gasteiger partial charge in [0.1, 0.15) is 12.3 Å². The summed E-state index contributed by atoms with van der Waals surface area (Å²) in [6.45, 7) is 2.85. The number of halogens is 1. The van der Waals surface area contributed by atoms with E-state index >= 15 is 0 Å². The summed E-state index contributed by atoms with van der Waals surface area (Å²) >= 11 is 5.86. The van der Waals surface area contributed by atoms with E-state index in [9.17, 15) is 9.59 Å². The first-order valence-electron chi connectivity index (χ1n) is 9.37. The first-order valence-corrected chi connectivity index (χ1v) is 9.75. The molecule has 0 spiro atoms. The zero-order chi connectivity index (χ0) is 20.6. The van der Waals surface area contributed by atoms with Crippen molar-refractivity contribution in [3.05, 3.63) is 81.6 Å². The highest BCUT2D eigenvalue weighted by Gasteiger charge is 2.08. The zero-order valence-electron chi connectivity index (χ0n) is 16.1. The van der Waals surface area contributed by atoms with Crippen molar-refractivity contribution in [1.29, 1.82) is 0 Å². The maximum Gasteiger partial charge on any atom is 0.267 e. The van der Waals surface area contributed by atoms with Crippen LogP contribution in [0.3, 0.4) is 0 Å². The van der Waals surface area contributed by atoms with Crippen molar-refractivity contribution in [2.24, 2.45) is 0 Å². The Morgan fingerprint density at radius 3 is 2.48 bits per heavy atom. The third-order valence-electron chi connectivity index (χ3n) is 4.27. The molecule has 7 heteroatoms. The molecule has 150 valence electrons. The van der Waals surface area contributed by atoms with Gasteiger partial charge in [-0.3, -0.25) is 9.59 Å². The van der Waals surface area contributed by atoms with Crippen molar-refractivity contribution in [3.63, 3.8) is 0 Å². The Hall–Kier alpha value is -3.12. The number of nitrogens with one attached hydrogen (secondary N) is 1. The molecular weight excluding hydrogens is 390 g/mol. The first-order chi connectivity index (χ1) is 14.0. The molecule has 0 saturated heterocycles. The lowest BCUT2D eigenvalue weighted by Gasteiger charge is -2.09. The van der Waals surface area contributed by atoms with Crippen LogP contribution in [0.1, 0.15) is 12.5 Å². The van der Waals surface area contributed by atoms with Gasteiger partial charge in [-0.15, -0.1) is 0 Å². The van der Waals surface area contributed by atoms with Gasteiger partial charge in [0.2, 0.25) is 5.91 Å². The second-order valence-corrected chi connectivity index (χ2v) is 6.83. The van der Waals surface area contributed by atoms with Gasteiger partial charge in [0.05, 0.1) is 12.3 Å². The molecule has 29 heavy (non-hydrogen) atoms. The van der Waals surface area contributed by atoms with Crippen LogP contribution in [-0.4, -0.2) is 28.8 Å². The second kappa shape index (κ2) is 9.89. The summed E-state index contributed by atoms with van der Waals surface area (Å²) in [7, 11) is 0. The molecule has 1 aromatic heterocycles. The molecule has 1 amide bonds. The molecule has 0 aliphatic rings. The number of carbonyl (C=O) groups excluding carboxylic acids is 1. The van der Waals surface area contributed by atoms with E-state index in [1.807, 2.05) is 55.5 Å². The van der Waals surface area contributed by atoms with Gasteiger partial charge in [0, 0.05) is 23.2 Å². The maximum atomic E-state index is 12.2. The van der Waals surface area contributed by atoms with Gasteiger partial charge in [-0.25, -0.2) is 4.68 Å². The Morgan fingerprint density at radius 1 is 1.07 bits per heavy atom. The van der Waals surface area contributed by atoms with Crippen molar-refractivity contribution in [1.82, 2.24) is 15.1 Å². The van der Waals surface area contributed by atoms with Crippen LogP contribution in [0.2, 0.25) is 5.02 Å². The highest BCUT2D eigenvalue weighted by molar-refractivity contribution is 6.30. The van der Waals surface area contributed by atoms with E-state index < -0.39 is 0 Å². The van der Waals surface area contributed by atoms with Crippen LogP contribution < -0.4 is 15.6 Å². The van der Waals surface area contributed by atoms with Crippen molar-refractivity contribution in [2.75, 3.05) is 13.2 Å². The number of carbonyl (C=O) groups is 1. The molecule has 0 radical (unpaired) electrons. The molecule has 0 fully saturated rings. The Bertz CT molecular complexity index is 1010. The number of amides is 1. The van der Waals surface area contributed by atoms with Crippen molar-refractivity contribution < 1.29 is 9.53 Å². The third kappa shape index (κ3) is 5.93. The van der Waals surface area contributed by atoms with Crippen molar-refractivity contribution >= 4 is 17.5 Å². The molecule has 0 bridgehead atoms. The predicted octanol–water partition coefficient (Wildman–Crippen LogP) is 3.32. The summed E-state index contributed by atoms with van der Waals surface area (Å²) in [5.41, 5.74) is 2.20. The number of benzene rings is 2. The van der Waals surface area contributed by atoms with Crippen LogP contribution in [0.5, 0.6) is 5.75 Å². The molecule has 1 N–H and O–H groups in total. The molecule has 3 rings (SSSR count). The van der Waals surface area contributed by atoms with Crippen LogP contribution in [0.15, 0.2) is 65.5 Å². The molecule has 6 nitrogen and oxygen atoms in total. The number of nitrogens with zero attached hydrogens (tertiary/aromatic N) is 2. The summed E-state index contributed by atoms with van der Waals surface area (Å²) in [6.07, 6.45) is 0.678. The normalized spacial score (nSPS) is 10.6. The first kappa shape index (κ1) is 20.6. The lowest BCUT2D eigenvalue weighted by atomic mass is 10.1. The molecular formula is C22H22ClN3O3. The largest absolute Gasteiger partial charge is 0.494 e. The molecule has 0 saturated carbocycles. The van der Waals surface area contributed by atoms with E-state index in [0.29, 0.717) is 30.3 Å². The average molecular weight is 412 g/mol. The third-order valence-corrected chi connectivity index (χ3v) is 4.52. The molecule has 3 aromatic rings. The Balaban J connectivity index is 1.61. The number of rotatable bonds is 8. The van der Waals surface area contributed by atoms with Crippen molar-refractivity contribution in [3.8, 4) is 17.0 Å². The van der Waals surface area contributed by atoms with Gasteiger partial charge in [-0.05, 0) is 61.4 Å². The summed E-state index contributed by atoms with van der Waals surface area (Å²) in [6, 6.07) is 18.0. The van der Waals surface area contributed by atoms with Crippen LogP contribution in [-0.2, 0) is 17.8 Å². The van der Waals surface area contributed by atoms with Gasteiger partial charge >= 0.3 is 0 Å². The predicted molar refractivity (Wildman–Crippen MR) is 113 cm³/mol. The van der Waals surface area contributed by atoms with E-state index in [-0.39, 0.29) is 18.0 Å². The van der Waals surface area contributed by atoms with Gasteiger partial charge < -0.3 is 10.1 Å². The van der Waals surface area contributed by atoms with E-state index in [1.54, 1.807) is 6.07 Å². The summed E-state index contributed by atoms with van der Waals surface area (Å²) in [5, 5.41) is 7.81. The van der Waals surface area contributed by atoms with Crippen molar-refractivity contribution in [2.45, 2.75) is 19.9 Å². The van der Waals surface area contributed by atoms with Gasteiger partial charge in [-0.1, -0.05) is 23.7 Å². The van der Waals surface area contributed by atoms with Gasteiger partial charge in [-0.2, -0.15) is 5.10 Å². The monoisotopic (exact) mass is 411 g/mol. The van der Waals surface area contributed by atoms with E-state index in [4.69, 9.17) is 16.3 Å². The quantitative estimate of drug-likeness (QED) is 0.617. The van der Waals surface area contributed by atoms with Crippen LogP contribution >= 0.6 is 11.6 Å². The van der Waals surface area contributed by atoms with Crippen LogP contribution in [0.4, 0.5) is 0 Å². The fraction of sp³-hybridized carbons (Fsp3) is 0.227. The van der Waals surface area contributed by atoms with Gasteiger partial charge in [0.25, 0.3) is 5.56 Å². The summed E-state index contributed by atoms with van der Waals surface area (Å²) < 4.78 is 6.60. The molecule has 0 aliphatic heterocycles. The minimum atomic E-state index is -0.326. The minimum Gasteiger partial charge on any atom is -0.494 e. The molecule has 0 atom stereocenters. The summed E-state index contributed by atoms with van der Waals surface area (Å²) in [5.74, 6) is 0.502. The van der Waals surface area contributed by atoms with Gasteiger partial charge in [0.15, 0.2) is 0 Å². The Labute approximate surface area is 174 Å². The highest BCUT2D eigenvalue weighted by atomic mass is 35.5. The standard InChI is InChI=1S/C22H22ClN3O3/c1-2-29-19-9-5-17(6-10-19)20-11-12-22(28)26(25-20)15-21(27)24-14-13-16-3-7-18(23)8-4-16/h3-12H,2,13-15H2,1H3,(H,24,27). The maximum absolute atomic E-state index is 12.2. The Kier molecular flexibility index (Phi) is 7.03. The molecule has 0 aliphatic carbocycles. The molecule has 1 heterocycles. The minimum absolute atomic E-state index is 0.135. The fourth-order valence-corrected chi connectivity index (χ4v) is 2.92. The number of hydrogen-bond donors (Lipinski definition) is 1. The fourth-order valence-electron chi connectivity index (χ4n) is 2.79. The number of ether oxygens (including phenoxy) is 1. The van der Waals surface area contributed by atoms with E-state index in [2.05, 4.69) is 10.4 Å². The number of aromatic nitrogens is 2. The van der Waals surface area contributed by atoms with Crippen LogP contribution in [0, 0.1) is 0 Å². The lowest BCUT2D eigenvalue weighted by Crippen LogP contribution is -2.34. The highest BCUT2D eigenvalue weighted by Crippen LogP contribution is 2.19. The van der Waals surface area contributed by atoms with E-state index in [0.717, 1.165) is 16.9 Å². The zero-order valence-corrected chi connectivity index (χ0v) is 16.9. The average Bonchev–Trinajstić information content (AvgIpc) is 2.72. The molecule has 0 unspecified atom stereocenters. The second-order valence-electron chi connectivity index (χ2n) is 6.40. The topological polar surface area (TPSA) is 73.2 Å². The summed E-state index contributed by atoms with van der Waals surface area (Å²) in [4.78, 5) is 24.3. The smallest absolute Gasteiger partial charge is 0.267 e. The van der Waals surface area contributed by atoms with Crippen LogP contribution in [0.25, 0.3) is 11.3 Å². The Morgan fingerprint density at radius 2 is 1.79 bits per heavy atom. The molecule has 2 aromatic carbocycles. The lowest BCUT2D eigenvalue weighted by molar-refractivity contribution is -0.121. The SMILES string of the molecule is CCOc1ccc(-c2ccc(=O)n(CC(=O)NCCc3ccc(Cl)cc3)n2)cc1.